The zero-order valence-electron chi connectivity index (χ0n) is 12.2. The Morgan fingerprint density at radius 3 is 1.35 bits per heavy atom. The third-order valence-electron chi connectivity index (χ3n) is 4.42. The zero-order valence-corrected chi connectivity index (χ0v) is 12.9. The van der Waals surface area contributed by atoms with Crippen LogP contribution in [0.3, 0.4) is 0 Å². The molecule has 0 bridgehead atoms. The maximum absolute atomic E-state index is 5.99. The number of benzene rings is 1. The second-order valence-electron chi connectivity index (χ2n) is 7.13. The van der Waals surface area contributed by atoms with E-state index >= 15 is 0 Å². The fourth-order valence-electron chi connectivity index (χ4n) is 2.77. The standard InChI is InChI=1S/C16H25Cl/c1-14(2,3)16(7,15(4,5)6)12-8-10-13(17)11-9-12/h8-11H,1-7H3. The quantitative estimate of drug-likeness (QED) is 0.602. The van der Waals surface area contributed by atoms with Gasteiger partial charge in [-0.15, -0.1) is 0 Å². The van der Waals surface area contributed by atoms with Crippen molar-refractivity contribution in [3.63, 3.8) is 0 Å². The fraction of sp³-hybridized carbons (Fsp3) is 0.625. The molecule has 0 unspecified atom stereocenters. The summed E-state index contributed by atoms with van der Waals surface area (Å²) in [4.78, 5) is 0. The lowest BCUT2D eigenvalue weighted by molar-refractivity contribution is 0.0694. The minimum Gasteiger partial charge on any atom is -0.0843 e. The van der Waals surface area contributed by atoms with E-state index in [2.05, 4.69) is 60.6 Å². The summed E-state index contributed by atoms with van der Waals surface area (Å²) < 4.78 is 0. The highest BCUT2D eigenvalue weighted by atomic mass is 35.5. The van der Waals surface area contributed by atoms with Crippen molar-refractivity contribution in [3.8, 4) is 0 Å². The molecule has 0 aliphatic carbocycles. The molecule has 1 heteroatoms. The van der Waals surface area contributed by atoms with Crippen molar-refractivity contribution < 1.29 is 0 Å². The minimum atomic E-state index is 0.102. The van der Waals surface area contributed by atoms with E-state index in [0.717, 1.165) is 5.02 Å². The molecule has 0 nitrogen and oxygen atoms in total. The predicted octanol–water partition coefficient (Wildman–Crippen LogP) is 5.69. The van der Waals surface area contributed by atoms with Crippen LogP contribution < -0.4 is 0 Å². The van der Waals surface area contributed by atoms with Gasteiger partial charge >= 0.3 is 0 Å². The SMILES string of the molecule is CC(C)(C)C(C)(c1ccc(Cl)cc1)C(C)(C)C. The van der Waals surface area contributed by atoms with Crippen LogP contribution in [-0.4, -0.2) is 0 Å². The molecule has 0 N–H and O–H groups in total. The average molecular weight is 253 g/mol. The molecule has 0 saturated heterocycles. The van der Waals surface area contributed by atoms with Crippen molar-refractivity contribution in [2.75, 3.05) is 0 Å². The van der Waals surface area contributed by atoms with Gasteiger partial charge in [-0.3, -0.25) is 0 Å². The van der Waals surface area contributed by atoms with Gasteiger partial charge in [-0.1, -0.05) is 72.2 Å². The highest BCUT2D eigenvalue weighted by molar-refractivity contribution is 6.30. The Balaban J connectivity index is 3.41. The second-order valence-corrected chi connectivity index (χ2v) is 7.57. The lowest BCUT2D eigenvalue weighted by Crippen LogP contribution is -2.47. The van der Waals surface area contributed by atoms with Gasteiger partial charge in [0.15, 0.2) is 0 Å². The molecule has 0 spiro atoms. The summed E-state index contributed by atoms with van der Waals surface area (Å²) in [7, 11) is 0. The van der Waals surface area contributed by atoms with Crippen LogP contribution in [0.1, 0.15) is 54.0 Å². The molecule has 0 radical (unpaired) electrons. The van der Waals surface area contributed by atoms with Crippen LogP contribution in [0.25, 0.3) is 0 Å². The summed E-state index contributed by atoms with van der Waals surface area (Å²) in [6.45, 7) is 16.2. The lowest BCUT2D eigenvalue weighted by Gasteiger charge is -2.52. The Kier molecular flexibility index (Phi) is 3.70. The average Bonchev–Trinajstić information content (AvgIpc) is 2.14. The minimum absolute atomic E-state index is 0.102. The van der Waals surface area contributed by atoms with Crippen LogP contribution in [0.5, 0.6) is 0 Å². The molecule has 1 rings (SSSR count). The topological polar surface area (TPSA) is 0 Å². The first-order chi connectivity index (χ1) is 7.50. The van der Waals surface area contributed by atoms with Crippen LogP contribution >= 0.6 is 11.6 Å². The molecule has 0 heterocycles. The second kappa shape index (κ2) is 4.31. The van der Waals surface area contributed by atoms with Gasteiger partial charge in [0.25, 0.3) is 0 Å². The maximum atomic E-state index is 5.99. The monoisotopic (exact) mass is 252 g/mol. The molecule has 17 heavy (non-hydrogen) atoms. The molecule has 1 aromatic carbocycles. The Hall–Kier alpha value is -0.490. The third kappa shape index (κ3) is 2.52. The van der Waals surface area contributed by atoms with Crippen LogP contribution in [0.15, 0.2) is 24.3 Å². The maximum Gasteiger partial charge on any atom is 0.0406 e. The van der Waals surface area contributed by atoms with Gasteiger partial charge in [0.1, 0.15) is 0 Å². The molecule has 96 valence electrons. The summed E-state index contributed by atoms with van der Waals surface area (Å²) in [5, 5.41) is 0.805. The van der Waals surface area contributed by atoms with Crippen LogP contribution in [0.4, 0.5) is 0 Å². The van der Waals surface area contributed by atoms with Crippen molar-refractivity contribution >= 4 is 11.6 Å². The Morgan fingerprint density at radius 1 is 0.706 bits per heavy atom. The normalized spacial score (nSPS) is 13.9. The van der Waals surface area contributed by atoms with E-state index in [4.69, 9.17) is 11.6 Å². The Labute approximate surface area is 111 Å². The van der Waals surface area contributed by atoms with Gasteiger partial charge in [-0.25, -0.2) is 0 Å². The summed E-state index contributed by atoms with van der Waals surface area (Å²) in [5.74, 6) is 0. The summed E-state index contributed by atoms with van der Waals surface area (Å²) >= 11 is 5.99. The van der Waals surface area contributed by atoms with E-state index in [9.17, 15) is 0 Å². The summed E-state index contributed by atoms with van der Waals surface area (Å²) in [5.41, 5.74) is 1.85. The molecular formula is C16H25Cl. The summed E-state index contributed by atoms with van der Waals surface area (Å²) in [6, 6.07) is 8.32. The van der Waals surface area contributed by atoms with Crippen molar-refractivity contribution in [3.05, 3.63) is 34.9 Å². The van der Waals surface area contributed by atoms with Gasteiger partial charge < -0.3 is 0 Å². The van der Waals surface area contributed by atoms with Gasteiger partial charge in [-0.05, 0) is 28.5 Å². The first-order valence-electron chi connectivity index (χ1n) is 6.26. The molecule has 1 aromatic rings. The van der Waals surface area contributed by atoms with Gasteiger partial charge in [-0.2, -0.15) is 0 Å². The molecule has 0 amide bonds. The molecule has 0 aromatic heterocycles. The van der Waals surface area contributed by atoms with E-state index in [-0.39, 0.29) is 16.2 Å². The molecule has 0 saturated carbocycles. The van der Waals surface area contributed by atoms with Crippen LogP contribution in [0.2, 0.25) is 5.02 Å². The molecule has 0 fully saturated rings. The van der Waals surface area contributed by atoms with Gasteiger partial charge in [0, 0.05) is 10.4 Å². The predicted molar refractivity (Wildman–Crippen MR) is 77.7 cm³/mol. The number of rotatable bonds is 1. The third-order valence-corrected chi connectivity index (χ3v) is 4.67. The zero-order chi connectivity index (χ0) is 13.5. The van der Waals surface area contributed by atoms with E-state index < -0.39 is 0 Å². The first-order valence-corrected chi connectivity index (χ1v) is 6.64. The number of hydrogen-bond acceptors (Lipinski definition) is 0. The molecular weight excluding hydrogens is 228 g/mol. The molecule has 0 aliphatic heterocycles. The Bertz CT molecular complexity index is 359. The summed E-state index contributed by atoms with van der Waals surface area (Å²) in [6.07, 6.45) is 0. The molecule has 0 aliphatic rings. The highest BCUT2D eigenvalue weighted by Gasteiger charge is 2.47. The first kappa shape index (κ1) is 14.6. The van der Waals surface area contributed by atoms with Gasteiger partial charge in [0.2, 0.25) is 0 Å². The molecule has 0 atom stereocenters. The van der Waals surface area contributed by atoms with Crippen molar-refractivity contribution in [1.29, 1.82) is 0 Å². The Morgan fingerprint density at radius 2 is 1.06 bits per heavy atom. The van der Waals surface area contributed by atoms with Crippen LogP contribution in [0, 0.1) is 10.8 Å². The van der Waals surface area contributed by atoms with E-state index in [0.29, 0.717) is 0 Å². The van der Waals surface area contributed by atoms with E-state index in [1.54, 1.807) is 0 Å². The fourth-order valence-corrected chi connectivity index (χ4v) is 2.90. The highest BCUT2D eigenvalue weighted by Crippen LogP contribution is 2.52. The largest absolute Gasteiger partial charge is 0.0843 e. The van der Waals surface area contributed by atoms with Crippen LogP contribution in [-0.2, 0) is 5.41 Å². The van der Waals surface area contributed by atoms with Gasteiger partial charge in [0.05, 0.1) is 0 Å². The van der Waals surface area contributed by atoms with E-state index in [1.165, 1.54) is 5.56 Å². The smallest absolute Gasteiger partial charge is 0.0406 e. The number of halogens is 1. The van der Waals surface area contributed by atoms with Crippen molar-refractivity contribution in [2.24, 2.45) is 10.8 Å². The van der Waals surface area contributed by atoms with Crippen molar-refractivity contribution in [2.45, 2.75) is 53.9 Å². The number of hydrogen-bond donors (Lipinski definition) is 0. The van der Waals surface area contributed by atoms with E-state index in [1.807, 2.05) is 12.1 Å². The van der Waals surface area contributed by atoms with Crippen molar-refractivity contribution in [1.82, 2.24) is 0 Å². The lowest BCUT2D eigenvalue weighted by atomic mass is 9.52.